The first kappa shape index (κ1) is 14.6. The Morgan fingerprint density at radius 2 is 2.08 bits per heavy atom. The van der Waals surface area contributed by atoms with E-state index in [1.165, 1.54) is 0 Å². The molecule has 1 amide bonds. The summed E-state index contributed by atoms with van der Waals surface area (Å²) in [6.45, 7) is 0.672. The van der Waals surface area contributed by atoms with E-state index in [2.05, 4.69) is 20.3 Å². The third kappa shape index (κ3) is 2.68. The van der Waals surface area contributed by atoms with E-state index in [0.29, 0.717) is 24.0 Å². The molecule has 3 aromatic rings. The molecule has 7 heteroatoms. The van der Waals surface area contributed by atoms with Crippen LogP contribution in [0.1, 0.15) is 41.7 Å². The second-order valence-electron chi connectivity index (χ2n) is 5.80. The van der Waals surface area contributed by atoms with Crippen LogP contribution in [-0.4, -0.2) is 37.7 Å². The van der Waals surface area contributed by atoms with Crippen LogP contribution in [0.5, 0.6) is 0 Å². The van der Waals surface area contributed by atoms with Gasteiger partial charge in [0.25, 0.3) is 5.91 Å². The lowest BCUT2D eigenvalue weighted by Gasteiger charge is -2.32. The van der Waals surface area contributed by atoms with Crippen LogP contribution in [0.15, 0.2) is 47.1 Å². The van der Waals surface area contributed by atoms with E-state index in [-0.39, 0.29) is 11.9 Å². The van der Waals surface area contributed by atoms with Crippen molar-refractivity contribution in [2.45, 2.75) is 25.3 Å². The van der Waals surface area contributed by atoms with Crippen molar-refractivity contribution in [1.82, 2.24) is 25.2 Å². The summed E-state index contributed by atoms with van der Waals surface area (Å²) in [5.74, 6) is 0.947. The van der Waals surface area contributed by atoms with Crippen LogP contribution in [0, 0.1) is 0 Å². The van der Waals surface area contributed by atoms with Crippen molar-refractivity contribution in [3.63, 3.8) is 0 Å². The van der Waals surface area contributed by atoms with Crippen molar-refractivity contribution < 1.29 is 9.32 Å². The molecule has 0 bridgehead atoms. The first-order valence-electron chi connectivity index (χ1n) is 8.02. The molecular weight excluding hydrogens is 306 g/mol. The molecule has 1 N–H and O–H groups in total. The Kier molecular flexibility index (Phi) is 3.82. The number of carbonyl (C=O) groups is 1. The van der Waals surface area contributed by atoms with Gasteiger partial charge in [-0.15, -0.1) is 0 Å². The first-order valence-corrected chi connectivity index (χ1v) is 8.02. The van der Waals surface area contributed by atoms with Gasteiger partial charge >= 0.3 is 0 Å². The SMILES string of the molecule is O=C(c1ccn[nH]1)N1CCCCC1c1nc(-c2ccccc2)no1. The van der Waals surface area contributed by atoms with Crippen molar-refractivity contribution >= 4 is 5.91 Å². The first-order chi connectivity index (χ1) is 11.8. The molecule has 122 valence electrons. The number of carbonyl (C=O) groups excluding carboxylic acids is 1. The van der Waals surface area contributed by atoms with Gasteiger partial charge in [-0.3, -0.25) is 9.89 Å². The number of H-pyrrole nitrogens is 1. The summed E-state index contributed by atoms with van der Waals surface area (Å²) in [4.78, 5) is 19.0. The molecule has 1 aliphatic heterocycles. The van der Waals surface area contributed by atoms with E-state index < -0.39 is 0 Å². The van der Waals surface area contributed by atoms with Gasteiger partial charge in [0.05, 0.1) is 0 Å². The lowest BCUT2D eigenvalue weighted by atomic mass is 10.0. The third-order valence-electron chi connectivity index (χ3n) is 4.25. The fraction of sp³-hybridized carbons (Fsp3) is 0.294. The molecular formula is C17H17N5O2. The van der Waals surface area contributed by atoms with Crippen LogP contribution >= 0.6 is 0 Å². The highest BCUT2D eigenvalue weighted by molar-refractivity contribution is 5.92. The molecule has 2 aromatic heterocycles. The van der Waals surface area contributed by atoms with Crippen LogP contribution in [0.3, 0.4) is 0 Å². The number of aromatic nitrogens is 4. The van der Waals surface area contributed by atoms with E-state index >= 15 is 0 Å². The second-order valence-corrected chi connectivity index (χ2v) is 5.80. The number of benzene rings is 1. The van der Waals surface area contributed by atoms with Crippen molar-refractivity contribution in [1.29, 1.82) is 0 Å². The molecule has 0 aliphatic carbocycles. The van der Waals surface area contributed by atoms with Crippen LogP contribution < -0.4 is 0 Å². The smallest absolute Gasteiger partial charge is 0.272 e. The van der Waals surface area contributed by atoms with Gasteiger partial charge in [-0.25, -0.2) is 0 Å². The number of piperidine rings is 1. The van der Waals surface area contributed by atoms with E-state index in [9.17, 15) is 4.79 Å². The van der Waals surface area contributed by atoms with E-state index in [1.54, 1.807) is 17.2 Å². The topological polar surface area (TPSA) is 87.9 Å². The number of hydrogen-bond donors (Lipinski definition) is 1. The Labute approximate surface area is 138 Å². The average Bonchev–Trinajstić information content (AvgIpc) is 3.34. The zero-order valence-electron chi connectivity index (χ0n) is 13.1. The summed E-state index contributed by atoms with van der Waals surface area (Å²) in [5.41, 5.74) is 1.37. The maximum atomic E-state index is 12.7. The minimum atomic E-state index is -0.195. The molecule has 1 unspecified atom stereocenters. The predicted molar refractivity (Wildman–Crippen MR) is 86.0 cm³/mol. The van der Waals surface area contributed by atoms with Gasteiger partial charge in [-0.2, -0.15) is 10.1 Å². The Hall–Kier alpha value is -2.96. The Morgan fingerprint density at radius 1 is 1.21 bits per heavy atom. The minimum absolute atomic E-state index is 0.0864. The predicted octanol–water partition coefficient (Wildman–Crippen LogP) is 2.83. The Balaban J connectivity index is 1.62. The summed E-state index contributed by atoms with van der Waals surface area (Å²) >= 11 is 0. The van der Waals surface area contributed by atoms with E-state index in [1.807, 2.05) is 30.3 Å². The summed E-state index contributed by atoms with van der Waals surface area (Å²) in [7, 11) is 0. The Morgan fingerprint density at radius 3 is 2.88 bits per heavy atom. The zero-order valence-corrected chi connectivity index (χ0v) is 13.1. The summed E-state index contributed by atoms with van der Waals surface area (Å²) in [6.07, 6.45) is 4.39. The number of likely N-dealkylation sites (tertiary alicyclic amines) is 1. The van der Waals surface area contributed by atoms with Crippen molar-refractivity contribution in [3.05, 3.63) is 54.2 Å². The molecule has 7 nitrogen and oxygen atoms in total. The molecule has 3 heterocycles. The quantitative estimate of drug-likeness (QED) is 0.800. The lowest BCUT2D eigenvalue weighted by Crippen LogP contribution is -2.38. The van der Waals surface area contributed by atoms with Crippen LogP contribution in [0.2, 0.25) is 0 Å². The molecule has 1 aliphatic rings. The van der Waals surface area contributed by atoms with Crippen molar-refractivity contribution in [2.75, 3.05) is 6.54 Å². The van der Waals surface area contributed by atoms with Gasteiger partial charge in [0.15, 0.2) is 0 Å². The highest BCUT2D eigenvalue weighted by atomic mass is 16.5. The van der Waals surface area contributed by atoms with Gasteiger partial charge in [-0.1, -0.05) is 35.5 Å². The van der Waals surface area contributed by atoms with Gasteiger partial charge in [0.2, 0.25) is 11.7 Å². The molecule has 1 atom stereocenters. The molecule has 0 saturated carbocycles. The number of aromatic amines is 1. The molecule has 0 spiro atoms. The lowest BCUT2D eigenvalue weighted by molar-refractivity contribution is 0.0555. The summed E-state index contributed by atoms with van der Waals surface area (Å²) in [6, 6.07) is 11.2. The molecule has 4 rings (SSSR count). The normalized spacial score (nSPS) is 17.8. The maximum absolute atomic E-state index is 12.7. The van der Waals surface area contributed by atoms with Gasteiger partial charge in [0.1, 0.15) is 11.7 Å². The monoisotopic (exact) mass is 323 g/mol. The fourth-order valence-electron chi connectivity index (χ4n) is 3.04. The summed E-state index contributed by atoms with van der Waals surface area (Å²) < 4.78 is 5.48. The van der Waals surface area contributed by atoms with Gasteiger partial charge in [-0.05, 0) is 25.3 Å². The van der Waals surface area contributed by atoms with Gasteiger partial charge in [0, 0.05) is 18.3 Å². The van der Waals surface area contributed by atoms with Crippen LogP contribution in [0.25, 0.3) is 11.4 Å². The van der Waals surface area contributed by atoms with Crippen LogP contribution in [-0.2, 0) is 0 Å². The average molecular weight is 323 g/mol. The number of nitrogens with zero attached hydrogens (tertiary/aromatic N) is 4. The third-order valence-corrected chi connectivity index (χ3v) is 4.25. The summed E-state index contributed by atoms with van der Waals surface area (Å²) in [5, 5.41) is 10.7. The van der Waals surface area contributed by atoms with E-state index in [0.717, 1.165) is 24.8 Å². The maximum Gasteiger partial charge on any atom is 0.272 e. The van der Waals surface area contributed by atoms with Gasteiger partial charge < -0.3 is 9.42 Å². The largest absolute Gasteiger partial charge is 0.337 e. The number of rotatable bonds is 3. The van der Waals surface area contributed by atoms with Crippen molar-refractivity contribution in [3.8, 4) is 11.4 Å². The molecule has 24 heavy (non-hydrogen) atoms. The minimum Gasteiger partial charge on any atom is -0.337 e. The van der Waals surface area contributed by atoms with Crippen LogP contribution in [0.4, 0.5) is 0 Å². The second kappa shape index (κ2) is 6.27. The number of hydrogen-bond acceptors (Lipinski definition) is 5. The molecule has 0 radical (unpaired) electrons. The standard InChI is InChI=1S/C17H17N5O2/c23-17(13-9-10-18-20-13)22-11-5-4-8-14(22)16-19-15(21-24-16)12-6-2-1-3-7-12/h1-3,6-7,9-10,14H,4-5,8,11H2,(H,18,20). The fourth-order valence-corrected chi connectivity index (χ4v) is 3.04. The number of amides is 1. The highest BCUT2D eigenvalue weighted by Crippen LogP contribution is 2.32. The molecule has 1 saturated heterocycles. The Bertz CT molecular complexity index is 813. The highest BCUT2D eigenvalue weighted by Gasteiger charge is 2.33. The zero-order chi connectivity index (χ0) is 16.4. The molecule has 1 fully saturated rings. The van der Waals surface area contributed by atoms with Crippen molar-refractivity contribution in [2.24, 2.45) is 0 Å². The van der Waals surface area contributed by atoms with E-state index in [4.69, 9.17) is 4.52 Å². The molecule has 1 aromatic carbocycles. The number of nitrogens with one attached hydrogen (secondary N) is 1.